The summed E-state index contributed by atoms with van der Waals surface area (Å²) in [5.41, 5.74) is 0.550. The third-order valence-electron chi connectivity index (χ3n) is 3.95. The third kappa shape index (κ3) is 4.26. The van der Waals surface area contributed by atoms with Gasteiger partial charge in [-0.15, -0.1) is 0 Å². The molecule has 0 spiro atoms. The first-order valence-corrected chi connectivity index (χ1v) is 7.70. The number of carbonyl (C=O) groups is 1. The molecule has 0 aromatic heterocycles. The van der Waals surface area contributed by atoms with E-state index in [9.17, 15) is 4.79 Å². The van der Waals surface area contributed by atoms with E-state index in [1.54, 1.807) is 32.4 Å². The minimum atomic E-state index is -0.306. The highest BCUT2D eigenvalue weighted by Crippen LogP contribution is 2.25. The first kappa shape index (κ1) is 17.3. The lowest BCUT2D eigenvalue weighted by molar-refractivity contribution is -0.147. The fraction of sp³-hybridized carbons (Fsp3) is 0.500. The molecule has 23 heavy (non-hydrogen) atoms. The molecule has 0 bridgehead atoms. The van der Waals surface area contributed by atoms with E-state index in [4.69, 9.17) is 14.2 Å². The summed E-state index contributed by atoms with van der Waals surface area (Å²) in [6, 6.07) is 5.52. The summed E-state index contributed by atoms with van der Waals surface area (Å²) in [6.45, 7) is 7.14. The molecule has 1 unspecified atom stereocenters. The molecule has 1 aromatic rings. The number of amides is 1. The van der Waals surface area contributed by atoms with Gasteiger partial charge in [0.15, 0.2) is 0 Å². The van der Waals surface area contributed by atoms with Crippen LogP contribution in [0, 0.1) is 0 Å². The van der Waals surface area contributed by atoms with Crippen molar-refractivity contribution in [2.75, 3.05) is 27.4 Å². The topological polar surface area (TPSA) is 48.0 Å². The zero-order chi connectivity index (χ0) is 17.0. The first-order valence-electron chi connectivity index (χ1n) is 7.70. The Kier molecular flexibility index (Phi) is 5.31. The van der Waals surface area contributed by atoms with Gasteiger partial charge in [-0.05, 0) is 44.5 Å². The Bertz CT molecular complexity index is 572. The molecular formula is C18H25NO4. The molecule has 1 saturated heterocycles. The van der Waals surface area contributed by atoms with Crippen LogP contribution in [-0.2, 0) is 9.53 Å². The van der Waals surface area contributed by atoms with Gasteiger partial charge in [-0.3, -0.25) is 4.79 Å². The van der Waals surface area contributed by atoms with Crippen LogP contribution in [0.3, 0.4) is 0 Å². The minimum Gasteiger partial charge on any atom is -0.497 e. The minimum absolute atomic E-state index is 0.0214. The van der Waals surface area contributed by atoms with Crippen LogP contribution in [0.25, 0.3) is 6.08 Å². The van der Waals surface area contributed by atoms with Crippen LogP contribution < -0.4 is 9.47 Å². The van der Waals surface area contributed by atoms with Crippen LogP contribution in [0.1, 0.15) is 26.3 Å². The van der Waals surface area contributed by atoms with Crippen LogP contribution in [0.4, 0.5) is 0 Å². The second-order valence-electron chi connectivity index (χ2n) is 6.36. The molecule has 0 N–H and O–H groups in total. The van der Waals surface area contributed by atoms with E-state index in [0.717, 1.165) is 5.56 Å². The van der Waals surface area contributed by atoms with Gasteiger partial charge in [0.1, 0.15) is 11.5 Å². The molecule has 0 radical (unpaired) electrons. The maximum atomic E-state index is 12.6. The molecule has 0 saturated carbocycles. The largest absolute Gasteiger partial charge is 0.497 e. The number of methoxy groups -OCH3 is 2. The van der Waals surface area contributed by atoms with Crippen molar-refractivity contribution < 1.29 is 19.0 Å². The van der Waals surface area contributed by atoms with Gasteiger partial charge in [-0.1, -0.05) is 0 Å². The lowest BCUT2D eigenvalue weighted by atomic mass is 10.0. The van der Waals surface area contributed by atoms with Crippen molar-refractivity contribution in [3.8, 4) is 11.5 Å². The fourth-order valence-corrected chi connectivity index (χ4v) is 2.55. The number of hydrogen-bond donors (Lipinski definition) is 0. The average Bonchev–Trinajstić information content (AvgIpc) is 2.54. The van der Waals surface area contributed by atoms with Gasteiger partial charge in [0.05, 0.1) is 32.5 Å². The Morgan fingerprint density at radius 2 is 1.87 bits per heavy atom. The molecule has 2 rings (SSSR count). The van der Waals surface area contributed by atoms with Gasteiger partial charge in [0.2, 0.25) is 5.91 Å². The van der Waals surface area contributed by atoms with Gasteiger partial charge < -0.3 is 19.1 Å². The van der Waals surface area contributed by atoms with Gasteiger partial charge in [0.25, 0.3) is 0 Å². The molecule has 5 heteroatoms. The first-order chi connectivity index (χ1) is 10.9. The maximum Gasteiger partial charge on any atom is 0.247 e. The normalized spacial score (nSPS) is 20.6. The summed E-state index contributed by atoms with van der Waals surface area (Å²) in [5, 5.41) is 0. The molecule has 1 aromatic carbocycles. The van der Waals surface area contributed by atoms with Crippen LogP contribution in [-0.4, -0.2) is 49.8 Å². The van der Waals surface area contributed by atoms with E-state index >= 15 is 0 Å². The Morgan fingerprint density at radius 3 is 2.43 bits per heavy atom. The highest BCUT2D eigenvalue weighted by molar-refractivity contribution is 5.92. The molecule has 1 aliphatic rings. The number of morpholine rings is 1. The summed E-state index contributed by atoms with van der Waals surface area (Å²) in [6.07, 6.45) is 3.43. The van der Waals surface area contributed by atoms with E-state index < -0.39 is 0 Å². The van der Waals surface area contributed by atoms with Crippen molar-refractivity contribution in [3.05, 3.63) is 29.8 Å². The number of benzene rings is 1. The number of hydrogen-bond acceptors (Lipinski definition) is 4. The Labute approximate surface area is 137 Å². The molecule has 5 nitrogen and oxygen atoms in total. The van der Waals surface area contributed by atoms with Crippen LogP contribution in [0.2, 0.25) is 0 Å². The summed E-state index contributed by atoms with van der Waals surface area (Å²) >= 11 is 0. The van der Waals surface area contributed by atoms with Gasteiger partial charge in [-0.2, -0.15) is 0 Å². The predicted octanol–water partition coefficient (Wildman–Crippen LogP) is 2.74. The van der Waals surface area contributed by atoms with Crippen molar-refractivity contribution in [1.29, 1.82) is 0 Å². The van der Waals surface area contributed by atoms with Crippen molar-refractivity contribution in [2.45, 2.75) is 32.4 Å². The average molecular weight is 319 g/mol. The smallest absolute Gasteiger partial charge is 0.247 e. The molecule has 1 aliphatic heterocycles. The van der Waals surface area contributed by atoms with Crippen molar-refractivity contribution in [2.24, 2.45) is 0 Å². The quantitative estimate of drug-likeness (QED) is 0.801. The van der Waals surface area contributed by atoms with Crippen molar-refractivity contribution in [3.63, 3.8) is 0 Å². The predicted molar refractivity (Wildman–Crippen MR) is 89.8 cm³/mol. The number of ether oxygens (including phenoxy) is 3. The van der Waals surface area contributed by atoms with Crippen LogP contribution in [0.15, 0.2) is 24.3 Å². The van der Waals surface area contributed by atoms with E-state index in [2.05, 4.69) is 0 Å². The molecule has 1 atom stereocenters. The standard InChI is InChI=1S/C18H25NO4/c1-13-11-19(18(2,3)12-23-13)17(20)7-6-14-8-15(21-4)10-16(9-14)22-5/h6-10,13H,11-12H2,1-5H3/b7-6+. The zero-order valence-electron chi connectivity index (χ0n) is 14.5. The molecule has 1 amide bonds. The Balaban J connectivity index is 2.17. The number of carbonyl (C=O) groups excluding carboxylic acids is 1. The highest BCUT2D eigenvalue weighted by Gasteiger charge is 2.35. The molecule has 0 aliphatic carbocycles. The maximum absolute atomic E-state index is 12.6. The van der Waals surface area contributed by atoms with E-state index in [0.29, 0.717) is 24.7 Å². The second kappa shape index (κ2) is 7.04. The monoisotopic (exact) mass is 319 g/mol. The Hall–Kier alpha value is -2.01. The zero-order valence-corrected chi connectivity index (χ0v) is 14.5. The lowest BCUT2D eigenvalue weighted by Gasteiger charge is -2.44. The molecule has 126 valence electrons. The fourth-order valence-electron chi connectivity index (χ4n) is 2.55. The summed E-state index contributed by atoms with van der Waals surface area (Å²) in [4.78, 5) is 14.4. The number of nitrogens with zero attached hydrogens (tertiary/aromatic N) is 1. The second-order valence-corrected chi connectivity index (χ2v) is 6.36. The summed E-state index contributed by atoms with van der Waals surface area (Å²) in [5.74, 6) is 1.36. The summed E-state index contributed by atoms with van der Waals surface area (Å²) in [7, 11) is 3.20. The number of rotatable bonds is 4. The van der Waals surface area contributed by atoms with E-state index in [-0.39, 0.29) is 17.6 Å². The molecular weight excluding hydrogens is 294 g/mol. The molecule has 1 heterocycles. The van der Waals surface area contributed by atoms with Gasteiger partial charge >= 0.3 is 0 Å². The third-order valence-corrected chi connectivity index (χ3v) is 3.95. The summed E-state index contributed by atoms with van der Waals surface area (Å²) < 4.78 is 16.1. The SMILES string of the molecule is COc1cc(/C=C/C(=O)N2CC(C)OCC2(C)C)cc(OC)c1. The van der Waals surface area contributed by atoms with Crippen LogP contribution >= 0.6 is 0 Å². The van der Waals surface area contributed by atoms with E-state index in [1.807, 2.05) is 37.8 Å². The van der Waals surface area contributed by atoms with Gasteiger partial charge in [-0.25, -0.2) is 0 Å². The van der Waals surface area contributed by atoms with Crippen molar-refractivity contribution in [1.82, 2.24) is 4.90 Å². The lowest BCUT2D eigenvalue weighted by Crippen LogP contribution is -2.57. The van der Waals surface area contributed by atoms with Crippen LogP contribution in [0.5, 0.6) is 11.5 Å². The Morgan fingerprint density at radius 1 is 1.26 bits per heavy atom. The van der Waals surface area contributed by atoms with Crippen molar-refractivity contribution >= 4 is 12.0 Å². The van der Waals surface area contributed by atoms with E-state index in [1.165, 1.54) is 0 Å². The molecule has 1 fully saturated rings. The highest BCUT2D eigenvalue weighted by atomic mass is 16.5. The van der Waals surface area contributed by atoms with Gasteiger partial charge in [0, 0.05) is 18.7 Å².